The van der Waals surface area contributed by atoms with Crippen molar-refractivity contribution in [3.05, 3.63) is 36.1 Å². The Labute approximate surface area is 113 Å². The average Bonchev–Trinajstić information content (AvgIpc) is 2.89. The van der Waals surface area contributed by atoms with Crippen LogP contribution in [-0.4, -0.2) is 17.3 Å². The molecule has 3 rings (SSSR count). The van der Waals surface area contributed by atoms with Gasteiger partial charge in [-0.05, 0) is 18.9 Å². The standard InChI is InChI=1S/C16H21NO2/c18-12-16(8-4-1-5-9-16)17-10-13-11-19-15-7-3-2-6-14(13)15/h2-3,6-7,11,17-18H,1,4-5,8-10,12H2. The molecule has 19 heavy (non-hydrogen) atoms. The molecule has 0 radical (unpaired) electrons. The van der Waals surface area contributed by atoms with E-state index in [9.17, 15) is 5.11 Å². The van der Waals surface area contributed by atoms with E-state index in [1.165, 1.54) is 30.2 Å². The van der Waals surface area contributed by atoms with E-state index < -0.39 is 0 Å². The normalized spacial score (nSPS) is 18.8. The van der Waals surface area contributed by atoms with Gasteiger partial charge < -0.3 is 14.8 Å². The van der Waals surface area contributed by atoms with Gasteiger partial charge in [0.05, 0.1) is 12.9 Å². The summed E-state index contributed by atoms with van der Waals surface area (Å²) >= 11 is 0. The summed E-state index contributed by atoms with van der Waals surface area (Å²) in [5.41, 5.74) is 2.02. The molecule has 1 heterocycles. The van der Waals surface area contributed by atoms with Crippen LogP contribution in [0.15, 0.2) is 34.9 Å². The van der Waals surface area contributed by atoms with Gasteiger partial charge in [0.1, 0.15) is 5.58 Å². The Morgan fingerprint density at radius 1 is 1.16 bits per heavy atom. The molecule has 102 valence electrons. The Morgan fingerprint density at radius 3 is 2.74 bits per heavy atom. The summed E-state index contributed by atoms with van der Waals surface area (Å²) in [4.78, 5) is 0. The van der Waals surface area contributed by atoms with E-state index in [-0.39, 0.29) is 12.1 Å². The topological polar surface area (TPSA) is 45.4 Å². The fraction of sp³-hybridized carbons (Fsp3) is 0.500. The third kappa shape index (κ3) is 2.53. The Hall–Kier alpha value is -1.32. The first-order valence-corrected chi connectivity index (χ1v) is 7.14. The van der Waals surface area contributed by atoms with Crippen molar-refractivity contribution in [2.24, 2.45) is 0 Å². The van der Waals surface area contributed by atoms with Gasteiger partial charge in [0.25, 0.3) is 0 Å². The number of nitrogens with one attached hydrogen (secondary N) is 1. The van der Waals surface area contributed by atoms with Crippen LogP contribution in [0.25, 0.3) is 11.0 Å². The summed E-state index contributed by atoms with van der Waals surface area (Å²) in [7, 11) is 0. The Bertz CT molecular complexity index is 540. The van der Waals surface area contributed by atoms with Crippen molar-refractivity contribution in [3.8, 4) is 0 Å². The lowest BCUT2D eigenvalue weighted by Crippen LogP contribution is -2.49. The van der Waals surface area contributed by atoms with Crippen molar-refractivity contribution in [2.75, 3.05) is 6.61 Å². The van der Waals surface area contributed by atoms with Crippen LogP contribution in [0, 0.1) is 0 Å². The minimum Gasteiger partial charge on any atom is -0.464 e. The molecule has 0 bridgehead atoms. The summed E-state index contributed by atoms with van der Waals surface area (Å²) < 4.78 is 5.55. The number of aliphatic hydroxyl groups is 1. The highest BCUT2D eigenvalue weighted by molar-refractivity contribution is 5.80. The van der Waals surface area contributed by atoms with Gasteiger partial charge in [0, 0.05) is 23.0 Å². The number of furan rings is 1. The third-order valence-corrected chi connectivity index (χ3v) is 4.33. The van der Waals surface area contributed by atoms with Crippen molar-refractivity contribution in [2.45, 2.75) is 44.2 Å². The van der Waals surface area contributed by atoms with E-state index in [0.717, 1.165) is 25.0 Å². The predicted molar refractivity (Wildman–Crippen MR) is 76.0 cm³/mol. The number of hydrogen-bond acceptors (Lipinski definition) is 3. The van der Waals surface area contributed by atoms with Crippen molar-refractivity contribution < 1.29 is 9.52 Å². The van der Waals surface area contributed by atoms with Crippen LogP contribution in [0.1, 0.15) is 37.7 Å². The van der Waals surface area contributed by atoms with Gasteiger partial charge in [-0.25, -0.2) is 0 Å². The molecule has 0 saturated heterocycles. The minimum absolute atomic E-state index is 0.0867. The molecule has 1 aromatic carbocycles. The molecular weight excluding hydrogens is 238 g/mol. The Kier molecular flexibility index (Phi) is 3.58. The van der Waals surface area contributed by atoms with Gasteiger partial charge in [-0.1, -0.05) is 37.5 Å². The molecule has 0 unspecified atom stereocenters. The van der Waals surface area contributed by atoms with Gasteiger partial charge >= 0.3 is 0 Å². The summed E-state index contributed by atoms with van der Waals surface area (Å²) in [5.74, 6) is 0. The van der Waals surface area contributed by atoms with Crippen molar-refractivity contribution in [1.29, 1.82) is 0 Å². The quantitative estimate of drug-likeness (QED) is 0.886. The van der Waals surface area contributed by atoms with Crippen molar-refractivity contribution in [1.82, 2.24) is 5.32 Å². The molecular formula is C16H21NO2. The molecule has 1 saturated carbocycles. The molecule has 1 aliphatic rings. The number of rotatable bonds is 4. The number of para-hydroxylation sites is 1. The van der Waals surface area contributed by atoms with Crippen LogP contribution in [0.2, 0.25) is 0 Å². The van der Waals surface area contributed by atoms with Gasteiger partial charge in [-0.3, -0.25) is 0 Å². The highest BCUT2D eigenvalue weighted by atomic mass is 16.3. The summed E-state index contributed by atoms with van der Waals surface area (Å²) in [5, 5.41) is 14.4. The molecule has 0 amide bonds. The van der Waals surface area contributed by atoms with Crippen molar-refractivity contribution in [3.63, 3.8) is 0 Å². The molecule has 0 atom stereocenters. The second-order valence-electron chi connectivity index (χ2n) is 5.61. The van der Waals surface area contributed by atoms with E-state index in [1.807, 2.05) is 24.5 Å². The predicted octanol–water partition coefficient (Wildman–Crippen LogP) is 3.22. The molecule has 2 aromatic rings. The highest BCUT2D eigenvalue weighted by Crippen LogP contribution is 2.29. The summed E-state index contributed by atoms with van der Waals surface area (Å²) in [6.07, 6.45) is 7.67. The minimum atomic E-state index is -0.0867. The molecule has 1 aliphatic carbocycles. The van der Waals surface area contributed by atoms with E-state index >= 15 is 0 Å². The SMILES string of the molecule is OCC1(NCc2coc3ccccc23)CCCCC1. The average molecular weight is 259 g/mol. The summed E-state index contributed by atoms with van der Waals surface area (Å²) in [6.45, 7) is 0.986. The van der Waals surface area contributed by atoms with Gasteiger partial charge in [-0.2, -0.15) is 0 Å². The maximum absolute atomic E-state index is 9.70. The fourth-order valence-corrected chi connectivity index (χ4v) is 3.07. The lowest BCUT2D eigenvalue weighted by molar-refractivity contribution is 0.119. The summed E-state index contributed by atoms with van der Waals surface area (Å²) in [6, 6.07) is 8.09. The van der Waals surface area contributed by atoms with E-state index in [4.69, 9.17) is 4.42 Å². The fourth-order valence-electron chi connectivity index (χ4n) is 3.07. The smallest absolute Gasteiger partial charge is 0.134 e. The third-order valence-electron chi connectivity index (χ3n) is 4.33. The molecule has 3 nitrogen and oxygen atoms in total. The lowest BCUT2D eigenvalue weighted by Gasteiger charge is -2.36. The van der Waals surface area contributed by atoms with Crippen molar-refractivity contribution >= 4 is 11.0 Å². The van der Waals surface area contributed by atoms with Crippen LogP contribution in [-0.2, 0) is 6.54 Å². The van der Waals surface area contributed by atoms with Crippen LogP contribution in [0.5, 0.6) is 0 Å². The van der Waals surface area contributed by atoms with Crippen LogP contribution < -0.4 is 5.32 Å². The first-order chi connectivity index (χ1) is 9.33. The highest BCUT2D eigenvalue weighted by Gasteiger charge is 2.30. The van der Waals surface area contributed by atoms with Crippen LogP contribution >= 0.6 is 0 Å². The van der Waals surface area contributed by atoms with Gasteiger partial charge in [0.15, 0.2) is 0 Å². The molecule has 1 fully saturated rings. The van der Waals surface area contributed by atoms with E-state index in [1.54, 1.807) is 0 Å². The number of benzene rings is 1. The van der Waals surface area contributed by atoms with E-state index in [0.29, 0.717) is 0 Å². The number of aliphatic hydroxyl groups excluding tert-OH is 1. The molecule has 3 heteroatoms. The van der Waals surface area contributed by atoms with Gasteiger partial charge in [-0.15, -0.1) is 0 Å². The Morgan fingerprint density at radius 2 is 1.95 bits per heavy atom. The van der Waals surface area contributed by atoms with Crippen LogP contribution in [0.4, 0.5) is 0 Å². The first-order valence-electron chi connectivity index (χ1n) is 7.14. The number of hydrogen-bond donors (Lipinski definition) is 2. The zero-order valence-corrected chi connectivity index (χ0v) is 11.2. The maximum atomic E-state index is 9.70. The Balaban J connectivity index is 1.74. The molecule has 2 N–H and O–H groups in total. The zero-order valence-electron chi connectivity index (χ0n) is 11.2. The number of fused-ring (bicyclic) bond motifs is 1. The maximum Gasteiger partial charge on any atom is 0.134 e. The largest absolute Gasteiger partial charge is 0.464 e. The van der Waals surface area contributed by atoms with Gasteiger partial charge in [0.2, 0.25) is 0 Å². The molecule has 0 aliphatic heterocycles. The van der Waals surface area contributed by atoms with E-state index in [2.05, 4.69) is 11.4 Å². The molecule has 1 aromatic heterocycles. The zero-order chi connectivity index (χ0) is 13.1. The second kappa shape index (κ2) is 5.35. The van der Waals surface area contributed by atoms with Crippen LogP contribution in [0.3, 0.4) is 0 Å². The second-order valence-corrected chi connectivity index (χ2v) is 5.61. The first kappa shape index (κ1) is 12.7. The molecule has 0 spiro atoms. The monoisotopic (exact) mass is 259 g/mol. The lowest BCUT2D eigenvalue weighted by atomic mass is 9.82.